The molecule has 7 nitrogen and oxygen atoms in total. The number of furan rings is 1. The van der Waals surface area contributed by atoms with Crippen LogP contribution >= 0.6 is 11.8 Å². The van der Waals surface area contributed by atoms with E-state index in [2.05, 4.69) is 10.2 Å². The molecule has 0 aliphatic carbocycles. The molecule has 0 aromatic carbocycles. The molecule has 102 valence electrons. The van der Waals surface area contributed by atoms with Crippen LogP contribution in [0.25, 0.3) is 0 Å². The van der Waals surface area contributed by atoms with Crippen molar-refractivity contribution in [3.8, 4) is 0 Å². The number of carbonyl (C=O) groups is 1. The zero-order chi connectivity index (χ0) is 13.7. The van der Waals surface area contributed by atoms with Gasteiger partial charge in [-0.25, -0.2) is 4.79 Å². The van der Waals surface area contributed by atoms with Crippen LogP contribution in [0.5, 0.6) is 0 Å². The van der Waals surface area contributed by atoms with Crippen molar-refractivity contribution in [2.24, 2.45) is 5.73 Å². The van der Waals surface area contributed by atoms with Crippen molar-refractivity contribution < 1.29 is 18.4 Å². The summed E-state index contributed by atoms with van der Waals surface area (Å²) in [7, 11) is 0. The summed E-state index contributed by atoms with van der Waals surface area (Å²) in [5, 5.41) is 7.92. The van der Waals surface area contributed by atoms with Gasteiger partial charge in [-0.3, -0.25) is 0 Å². The third kappa shape index (κ3) is 3.36. The van der Waals surface area contributed by atoms with Crippen LogP contribution in [0.4, 0.5) is 0 Å². The summed E-state index contributed by atoms with van der Waals surface area (Å²) in [6.07, 6.45) is 1.45. The number of nitrogens with two attached hydrogens (primary N) is 1. The molecule has 0 amide bonds. The third-order valence-corrected chi connectivity index (χ3v) is 3.01. The first-order valence-corrected chi connectivity index (χ1v) is 6.62. The van der Waals surface area contributed by atoms with Crippen LogP contribution in [0.1, 0.15) is 28.9 Å². The molecule has 2 heterocycles. The van der Waals surface area contributed by atoms with Crippen molar-refractivity contribution in [2.75, 3.05) is 6.61 Å². The van der Waals surface area contributed by atoms with Crippen molar-refractivity contribution in [3.63, 3.8) is 0 Å². The van der Waals surface area contributed by atoms with E-state index < -0.39 is 5.97 Å². The number of nitrogens with zero attached hydrogens (tertiary/aromatic N) is 2. The van der Waals surface area contributed by atoms with E-state index in [0.717, 1.165) is 0 Å². The first-order valence-electron chi connectivity index (χ1n) is 5.63. The Morgan fingerprint density at radius 1 is 1.53 bits per heavy atom. The summed E-state index contributed by atoms with van der Waals surface area (Å²) in [6.45, 7) is 2.27. The fraction of sp³-hybridized carbons (Fsp3) is 0.364. The van der Waals surface area contributed by atoms with Gasteiger partial charge in [0.15, 0.2) is 0 Å². The minimum atomic E-state index is -0.403. The molecule has 2 N–H and O–H groups in total. The lowest BCUT2D eigenvalue weighted by molar-refractivity contribution is 0.0524. The average molecular weight is 283 g/mol. The van der Waals surface area contributed by atoms with E-state index in [0.29, 0.717) is 34.8 Å². The minimum absolute atomic E-state index is 0.197. The zero-order valence-corrected chi connectivity index (χ0v) is 11.1. The highest BCUT2D eigenvalue weighted by Crippen LogP contribution is 2.24. The molecule has 0 spiro atoms. The Morgan fingerprint density at radius 2 is 2.37 bits per heavy atom. The third-order valence-electron chi connectivity index (χ3n) is 2.19. The van der Waals surface area contributed by atoms with E-state index in [4.69, 9.17) is 19.3 Å². The van der Waals surface area contributed by atoms with E-state index in [9.17, 15) is 4.79 Å². The fourth-order valence-electron chi connectivity index (χ4n) is 1.35. The minimum Gasteiger partial charge on any atom is -0.468 e. The number of aromatic nitrogens is 2. The fourth-order valence-corrected chi connectivity index (χ4v) is 2.08. The molecule has 2 aromatic rings. The number of rotatable bonds is 6. The predicted octanol–water partition coefficient (Wildman–Crippen LogP) is 1.59. The van der Waals surface area contributed by atoms with Crippen molar-refractivity contribution in [2.45, 2.75) is 24.4 Å². The van der Waals surface area contributed by atoms with Gasteiger partial charge in [0, 0.05) is 0 Å². The Balaban J connectivity index is 1.99. The molecule has 0 atom stereocenters. The quantitative estimate of drug-likeness (QED) is 0.629. The molecule has 0 radical (unpaired) electrons. The van der Waals surface area contributed by atoms with Gasteiger partial charge >= 0.3 is 5.97 Å². The molecule has 2 rings (SSSR count). The highest BCUT2D eigenvalue weighted by atomic mass is 32.2. The second-order valence-electron chi connectivity index (χ2n) is 3.43. The van der Waals surface area contributed by atoms with Crippen LogP contribution in [0.15, 0.2) is 26.4 Å². The molecule has 0 bridgehead atoms. The monoisotopic (exact) mass is 283 g/mol. The van der Waals surface area contributed by atoms with Gasteiger partial charge in [-0.2, -0.15) is 0 Å². The Morgan fingerprint density at radius 3 is 3.05 bits per heavy atom. The second kappa shape index (κ2) is 6.39. The number of carbonyl (C=O) groups excluding carboxylic acids is 1. The first-order chi connectivity index (χ1) is 9.24. The van der Waals surface area contributed by atoms with Gasteiger partial charge in [0.1, 0.15) is 11.3 Å². The number of hydrogen-bond donors (Lipinski definition) is 1. The summed E-state index contributed by atoms with van der Waals surface area (Å²) >= 11 is 1.27. The number of ether oxygens (including phenoxy) is 1. The Labute approximate surface area is 113 Å². The lowest BCUT2D eigenvalue weighted by atomic mass is 10.3. The van der Waals surface area contributed by atoms with Gasteiger partial charge in [0.25, 0.3) is 5.22 Å². The summed E-state index contributed by atoms with van der Waals surface area (Å²) in [5.74, 6) is 0.872. The van der Waals surface area contributed by atoms with Crippen molar-refractivity contribution in [1.29, 1.82) is 0 Å². The van der Waals surface area contributed by atoms with Crippen molar-refractivity contribution in [1.82, 2.24) is 10.2 Å². The second-order valence-corrected chi connectivity index (χ2v) is 4.36. The molecule has 8 heteroatoms. The molecular weight excluding hydrogens is 270 g/mol. The summed E-state index contributed by atoms with van der Waals surface area (Å²) in [5.41, 5.74) is 5.78. The molecule has 0 saturated carbocycles. The summed E-state index contributed by atoms with van der Waals surface area (Å²) in [4.78, 5) is 11.6. The van der Waals surface area contributed by atoms with Crippen molar-refractivity contribution in [3.05, 3.63) is 29.5 Å². The van der Waals surface area contributed by atoms with Gasteiger partial charge in [-0.05, 0) is 13.0 Å². The number of thioether (sulfide) groups is 1. The predicted molar refractivity (Wildman–Crippen MR) is 66.4 cm³/mol. The van der Waals surface area contributed by atoms with Crippen LogP contribution in [0.2, 0.25) is 0 Å². The van der Waals surface area contributed by atoms with E-state index >= 15 is 0 Å². The standard InChI is InChI=1S/C11H13N3O4S/c1-2-16-10(15)7-3-4-17-8(7)6-19-11-14-13-9(5-12)18-11/h3-4H,2,5-6,12H2,1H3. The summed E-state index contributed by atoms with van der Waals surface area (Å²) in [6, 6.07) is 1.58. The highest BCUT2D eigenvalue weighted by molar-refractivity contribution is 7.98. The maximum atomic E-state index is 11.6. The van der Waals surface area contributed by atoms with Crippen molar-refractivity contribution >= 4 is 17.7 Å². The maximum Gasteiger partial charge on any atom is 0.341 e. The molecule has 0 unspecified atom stereocenters. The van der Waals surface area contributed by atoms with Crippen LogP contribution in [0, 0.1) is 0 Å². The average Bonchev–Trinajstić information content (AvgIpc) is 3.05. The lowest BCUT2D eigenvalue weighted by Gasteiger charge is -2.01. The first kappa shape index (κ1) is 13.6. The Kier molecular flexibility index (Phi) is 4.58. The SMILES string of the molecule is CCOC(=O)c1ccoc1CSc1nnc(CN)o1. The Bertz CT molecular complexity index is 552. The van der Waals surface area contributed by atoms with Crippen LogP contribution < -0.4 is 5.73 Å². The van der Waals surface area contributed by atoms with E-state index in [1.165, 1.54) is 18.0 Å². The maximum absolute atomic E-state index is 11.6. The van der Waals surface area contributed by atoms with Crippen LogP contribution in [0.3, 0.4) is 0 Å². The van der Waals surface area contributed by atoms with E-state index in [-0.39, 0.29) is 6.54 Å². The van der Waals surface area contributed by atoms with Crippen LogP contribution in [-0.2, 0) is 17.0 Å². The van der Waals surface area contributed by atoms with Gasteiger partial charge in [0.2, 0.25) is 5.89 Å². The molecule has 2 aromatic heterocycles. The molecular formula is C11H13N3O4S. The lowest BCUT2D eigenvalue weighted by Crippen LogP contribution is -2.05. The van der Waals surface area contributed by atoms with E-state index in [1.807, 2.05) is 0 Å². The molecule has 19 heavy (non-hydrogen) atoms. The highest BCUT2D eigenvalue weighted by Gasteiger charge is 2.17. The van der Waals surface area contributed by atoms with E-state index in [1.54, 1.807) is 13.0 Å². The summed E-state index contributed by atoms with van der Waals surface area (Å²) < 4.78 is 15.4. The molecule has 0 saturated heterocycles. The normalized spacial score (nSPS) is 10.6. The number of esters is 1. The van der Waals surface area contributed by atoms with Crippen LogP contribution in [-0.4, -0.2) is 22.8 Å². The molecule has 0 aliphatic rings. The zero-order valence-electron chi connectivity index (χ0n) is 10.3. The van der Waals surface area contributed by atoms with Gasteiger partial charge in [-0.1, -0.05) is 11.8 Å². The van der Waals surface area contributed by atoms with Gasteiger partial charge < -0.3 is 19.3 Å². The molecule has 0 aliphatic heterocycles. The number of hydrogen-bond acceptors (Lipinski definition) is 8. The smallest absolute Gasteiger partial charge is 0.341 e. The topological polar surface area (TPSA) is 104 Å². The molecule has 0 fully saturated rings. The van der Waals surface area contributed by atoms with Gasteiger partial charge in [0.05, 0.1) is 25.2 Å². The Hall–Kier alpha value is -1.80. The van der Waals surface area contributed by atoms with Gasteiger partial charge in [-0.15, -0.1) is 10.2 Å². The largest absolute Gasteiger partial charge is 0.468 e.